The lowest BCUT2D eigenvalue weighted by atomic mass is 10.1. The van der Waals surface area contributed by atoms with Gasteiger partial charge >= 0.3 is 0 Å². The third-order valence-electron chi connectivity index (χ3n) is 4.70. The highest BCUT2D eigenvalue weighted by atomic mass is 35.5. The maximum atomic E-state index is 12.5. The molecule has 1 aliphatic heterocycles. The number of imide groups is 1. The van der Waals surface area contributed by atoms with E-state index in [4.69, 9.17) is 11.6 Å². The lowest BCUT2D eigenvalue weighted by Crippen LogP contribution is -2.37. The van der Waals surface area contributed by atoms with Crippen LogP contribution in [0.25, 0.3) is 6.08 Å². The summed E-state index contributed by atoms with van der Waals surface area (Å²) >= 11 is 6.75. The Hall–Kier alpha value is -2.58. The Bertz CT molecular complexity index is 998. The van der Waals surface area contributed by atoms with E-state index < -0.39 is 0 Å². The third kappa shape index (κ3) is 4.89. The van der Waals surface area contributed by atoms with E-state index in [0.717, 1.165) is 39.2 Å². The van der Waals surface area contributed by atoms with Crippen LogP contribution in [-0.4, -0.2) is 44.8 Å². The van der Waals surface area contributed by atoms with Gasteiger partial charge in [-0.1, -0.05) is 23.7 Å². The highest BCUT2D eigenvalue weighted by Gasteiger charge is 2.34. The molecule has 0 spiro atoms. The molecule has 0 atom stereocenters. The number of halogens is 1. The van der Waals surface area contributed by atoms with Crippen LogP contribution in [-0.2, 0) is 23.1 Å². The molecule has 29 heavy (non-hydrogen) atoms. The minimum Gasteiger partial charge on any atom is -0.354 e. The zero-order valence-electron chi connectivity index (χ0n) is 16.4. The predicted octanol–water partition coefficient (Wildman–Crippen LogP) is 3.09. The largest absolute Gasteiger partial charge is 0.354 e. The lowest BCUT2D eigenvalue weighted by Gasteiger charge is -2.13. The fraction of sp³-hybridized carbons (Fsp3) is 0.300. The van der Waals surface area contributed by atoms with E-state index in [0.29, 0.717) is 9.93 Å². The van der Waals surface area contributed by atoms with Gasteiger partial charge in [-0.2, -0.15) is 5.10 Å². The van der Waals surface area contributed by atoms with E-state index in [1.54, 1.807) is 35.0 Å². The first-order valence-corrected chi connectivity index (χ1v) is 10.2. The predicted molar refractivity (Wildman–Crippen MR) is 114 cm³/mol. The fourth-order valence-corrected chi connectivity index (χ4v) is 4.00. The summed E-state index contributed by atoms with van der Waals surface area (Å²) in [4.78, 5) is 38.4. The molecule has 2 aromatic rings. The van der Waals surface area contributed by atoms with Gasteiger partial charge in [0.05, 0.1) is 17.0 Å². The molecule has 1 N–H and O–H groups in total. The first-order chi connectivity index (χ1) is 13.8. The molecule has 1 saturated heterocycles. The number of aryl methyl sites for hydroxylation is 2. The van der Waals surface area contributed by atoms with Crippen molar-refractivity contribution in [3.05, 3.63) is 56.7 Å². The molecule has 0 aliphatic carbocycles. The van der Waals surface area contributed by atoms with E-state index in [1.807, 2.05) is 20.9 Å². The molecule has 7 nitrogen and oxygen atoms in total. The Labute approximate surface area is 178 Å². The monoisotopic (exact) mass is 432 g/mol. The van der Waals surface area contributed by atoms with Gasteiger partial charge in [-0.15, -0.1) is 0 Å². The average molecular weight is 433 g/mol. The zero-order chi connectivity index (χ0) is 21.1. The van der Waals surface area contributed by atoms with Gasteiger partial charge in [0.2, 0.25) is 5.91 Å². The summed E-state index contributed by atoms with van der Waals surface area (Å²) in [6.45, 7) is 4.10. The summed E-state index contributed by atoms with van der Waals surface area (Å²) in [5, 5.41) is 7.32. The van der Waals surface area contributed by atoms with Crippen LogP contribution in [0.2, 0.25) is 5.02 Å². The molecule has 0 unspecified atom stereocenters. The summed E-state index contributed by atoms with van der Waals surface area (Å²) in [5.41, 5.74) is 3.44. The Morgan fingerprint density at radius 2 is 1.93 bits per heavy atom. The molecule has 2 heterocycles. The van der Waals surface area contributed by atoms with Crippen LogP contribution < -0.4 is 5.32 Å². The van der Waals surface area contributed by atoms with Crippen molar-refractivity contribution in [1.29, 1.82) is 0 Å². The van der Waals surface area contributed by atoms with Crippen LogP contribution >= 0.6 is 23.4 Å². The summed E-state index contributed by atoms with van der Waals surface area (Å²) < 4.78 is 1.74. The second-order valence-electron chi connectivity index (χ2n) is 6.68. The number of nitrogens with zero attached hydrogens (tertiary/aromatic N) is 3. The highest BCUT2D eigenvalue weighted by molar-refractivity contribution is 8.18. The van der Waals surface area contributed by atoms with Crippen molar-refractivity contribution in [2.45, 2.75) is 20.3 Å². The van der Waals surface area contributed by atoms with Gasteiger partial charge in [0, 0.05) is 36.4 Å². The van der Waals surface area contributed by atoms with Crippen LogP contribution in [0.1, 0.15) is 22.5 Å². The average Bonchev–Trinajstić information content (AvgIpc) is 3.07. The summed E-state index contributed by atoms with van der Waals surface area (Å²) in [6, 6.07) is 7.00. The Kier molecular flexibility index (Phi) is 6.44. The first-order valence-electron chi connectivity index (χ1n) is 9.03. The number of benzene rings is 1. The topological polar surface area (TPSA) is 84.3 Å². The SMILES string of the molecule is Cc1nn(C)c(C)c1CC(=O)NCCN1C(=O)S/C(=C/c2ccc(Cl)cc2)C1=O. The van der Waals surface area contributed by atoms with Crippen LogP contribution in [0.5, 0.6) is 0 Å². The number of carbonyl (C=O) groups excluding carboxylic acids is 3. The van der Waals surface area contributed by atoms with Gasteiger partial charge < -0.3 is 5.32 Å². The van der Waals surface area contributed by atoms with Gasteiger partial charge in [0.1, 0.15) is 0 Å². The maximum Gasteiger partial charge on any atom is 0.293 e. The third-order valence-corrected chi connectivity index (χ3v) is 5.85. The van der Waals surface area contributed by atoms with Crippen molar-refractivity contribution in [1.82, 2.24) is 20.0 Å². The van der Waals surface area contributed by atoms with Gasteiger partial charge in [-0.05, 0) is 49.4 Å². The van der Waals surface area contributed by atoms with E-state index >= 15 is 0 Å². The van der Waals surface area contributed by atoms with E-state index in [9.17, 15) is 14.4 Å². The molecular weight excluding hydrogens is 412 g/mol. The van der Waals surface area contributed by atoms with Crippen molar-refractivity contribution in [3.63, 3.8) is 0 Å². The molecule has 0 bridgehead atoms. The zero-order valence-corrected chi connectivity index (χ0v) is 17.9. The molecule has 1 aromatic heterocycles. The number of carbonyl (C=O) groups is 3. The minimum atomic E-state index is -0.358. The molecule has 152 valence electrons. The van der Waals surface area contributed by atoms with Crippen molar-refractivity contribution < 1.29 is 14.4 Å². The number of hydrogen-bond acceptors (Lipinski definition) is 5. The van der Waals surface area contributed by atoms with E-state index in [-0.39, 0.29) is 36.6 Å². The number of hydrogen-bond donors (Lipinski definition) is 1. The van der Waals surface area contributed by atoms with Crippen LogP contribution in [0.4, 0.5) is 4.79 Å². The molecule has 1 fully saturated rings. The van der Waals surface area contributed by atoms with Crippen molar-refractivity contribution >= 4 is 46.5 Å². The molecule has 3 rings (SSSR count). The highest BCUT2D eigenvalue weighted by Crippen LogP contribution is 2.32. The second-order valence-corrected chi connectivity index (χ2v) is 8.11. The first kappa shape index (κ1) is 21.1. The molecule has 1 aliphatic rings. The number of rotatable bonds is 6. The molecule has 0 radical (unpaired) electrons. The lowest BCUT2D eigenvalue weighted by molar-refractivity contribution is -0.124. The van der Waals surface area contributed by atoms with E-state index in [1.165, 1.54) is 0 Å². The Balaban J connectivity index is 1.55. The van der Waals surface area contributed by atoms with Crippen LogP contribution in [0, 0.1) is 13.8 Å². The summed E-state index contributed by atoms with van der Waals surface area (Å²) in [6.07, 6.45) is 1.87. The number of nitrogens with one attached hydrogen (secondary N) is 1. The van der Waals surface area contributed by atoms with Gasteiger partial charge in [-0.25, -0.2) is 0 Å². The Morgan fingerprint density at radius 1 is 1.24 bits per heavy atom. The van der Waals surface area contributed by atoms with Crippen molar-refractivity contribution in [3.8, 4) is 0 Å². The molecule has 1 aromatic carbocycles. The summed E-state index contributed by atoms with van der Waals surface area (Å²) in [7, 11) is 1.83. The number of aromatic nitrogens is 2. The quantitative estimate of drug-likeness (QED) is 0.709. The molecule has 0 saturated carbocycles. The Morgan fingerprint density at radius 3 is 2.55 bits per heavy atom. The van der Waals surface area contributed by atoms with Gasteiger partial charge in [0.25, 0.3) is 11.1 Å². The van der Waals surface area contributed by atoms with Crippen LogP contribution in [0.3, 0.4) is 0 Å². The molecular formula is C20H21ClN4O3S. The number of thioether (sulfide) groups is 1. The van der Waals surface area contributed by atoms with Crippen LogP contribution in [0.15, 0.2) is 29.2 Å². The number of amides is 3. The second kappa shape index (κ2) is 8.84. The molecule has 9 heteroatoms. The van der Waals surface area contributed by atoms with Crippen molar-refractivity contribution in [2.24, 2.45) is 7.05 Å². The normalized spacial score (nSPS) is 15.4. The molecule has 3 amide bonds. The van der Waals surface area contributed by atoms with Gasteiger partial charge in [-0.3, -0.25) is 24.0 Å². The van der Waals surface area contributed by atoms with Gasteiger partial charge in [0.15, 0.2) is 0 Å². The van der Waals surface area contributed by atoms with Crippen molar-refractivity contribution in [2.75, 3.05) is 13.1 Å². The standard InChI is InChI=1S/C20H21ClN4O3S/c1-12-16(13(2)24(3)23-12)11-18(26)22-8-9-25-19(27)17(29-20(25)28)10-14-4-6-15(21)7-5-14/h4-7,10H,8-9,11H2,1-3H3,(H,22,26)/b17-10+. The smallest absolute Gasteiger partial charge is 0.293 e. The fourth-order valence-electron chi connectivity index (χ4n) is 3.01. The van der Waals surface area contributed by atoms with E-state index in [2.05, 4.69) is 10.4 Å². The summed E-state index contributed by atoms with van der Waals surface area (Å²) in [5.74, 6) is -0.531. The maximum absolute atomic E-state index is 12.5. The minimum absolute atomic E-state index is 0.124.